The van der Waals surface area contributed by atoms with Crippen molar-refractivity contribution in [2.24, 2.45) is 5.92 Å². The number of carbonyl (C=O) groups excluding carboxylic acids is 1. The minimum absolute atomic E-state index is 0.171. The zero-order valence-electron chi connectivity index (χ0n) is 6.07. The van der Waals surface area contributed by atoms with Gasteiger partial charge in [-0.1, -0.05) is 0 Å². The van der Waals surface area contributed by atoms with Gasteiger partial charge < -0.3 is 5.11 Å². The lowest BCUT2D eigenvalue weighted by Crippen LogP contribution is -2.39. The highest BCUT2D eigenvalue weighted by atomic mass is 33.1. The van der Waals surface area contributed by atoms with Crippen molar-refractivity contribution < 1.29 is 18.3 Å². The molecule has 1 saturated heterocycles. The average Bonchev–Trinajstić information content (AvgIpc) is 2.35. The van der Waals surface area contributed by atoms with Gasteiger partial charge in [-0.05, 0) is 13.8 Å². The van der Waals surface area contributed by atoms with E-state index in [-0.39, 0.29) is 5.78 Å². The number of rotatable bonds is 2. The van der Waals surface area contributed by atoms with E-state index >= 15 is 0 Å². The summed E-state index contributed by atoms with van der Waals surface area (Å²) in [6.45, 7) is 2.93. The minimum Gasteiger partial charge on any atom is -0.341 e. The van der Waals surface area contributed by atoms with Gasteiger partial charge >= 0.3 is 5.97 Å². The molecule has 11 heavy (non-hydrogen) atoms. The molecule has 0 radical (unpaired) electrons. The lowest BCUT2D eigenvalue weighted by atomic mass is 10.1. The van der Waals surface area contributed by atoms with Crippen LogP contribution in [0.4, 0.5) is 0 Å². The summed E-state index contributed by atoms with van der Waals surface area (Å²) in [5.41, 5.74) is 0. The number of ketones is 1. The molecule has 0 aliphatic carbocycles. The van der Waals surface area contributed by atoms with Crippen LogP contribution >= 0.6 is 22.1 Å². The first-order valence-corrected chi connectivity index (χ1v) is 4.99. The molecule has 1 fully saturated rings. The van der Waals surface area contributed by atoms with Gasteiger partial charge in [-0.3, -0.25) is 4.79 Å². The second kappa shape index (κ2) is 3.32. The van der Waals surface area contributed by atoms with E-state index in [0.29, 0.717) is 0 Å². The molecule has 1 unspecified atom stereocenters. The molecule has 1 aliphatic rings. The molecule has 6 heteroatoms. The van der Waals surface area contributed by atoms with Crippen LogP contribution in [0.1, 0.15) is 13.8 Å². The highest BCUT2D eigenvalue weighted by molar-refractivity contribution is 8.73. The van der Waals surface area contributed by atoms with Crippen molar-refractivity contribution in [2.45, 2.75) is 19.8 Å². The van der Waals surface area contributed by atoms with Crippen molar-refractivity contribution in [3.63, 3.8) is 0 Å². The molecular formula is C5H8O4S2. The first kappa shape index (κ1) is 9.34. The lowest BCUT2D eigenvalue weighted by molar-refractivity contribution is -0.273. The molecule has 1 atom stereocenters. The van der Waals surface area contributed by atoms with Gasteiger partial charge in [0, 0.05) is 0 Å². The second-order valence-electron chi connectivity index (χ2n) is 2.27. The minimum atomic E-state index is -1.75. The predicted octanol–water partition coefficient (Wildman–Crippen LogP) is 1.12. The van der Waals surface area contributed by atoms with Crippen molar-refractivity contribution in [3.05, 3.63) is 0 Å². The Labute approximate surface area is 72.4 Å². The van der Waals surface area contributed by atoms with Crippen LogP contribution in [-0.4, -0.2) is 16.9 Å². The largest absolute Gasteiger partial charge is 0.341 e. The van der Waals surface area contributed by atoms with Crippen molar-refractivity contribution in [3.8, 4) is 0 Å². The van der Waals surface area contributed by atoms with E-state index < -0.39 is 11.9 Å². The quantitative estimate of drug-likeness (QED) is 0.527. The number of hydrogen-bond acceptors (Lipinski definition) is 6. The summed E-state index contributed by atoms with van der Waals surface area (Å²) in [4.78, 5) is 10.8. The van der Waals surface area contributed by atoms with Crippen LogP contribution < -0.4 is 0 Å². The monoisotopic (exact) mass is 196 g/mol. The van der Waals surface area contributed by atoms with Gasteiger partial charge in [0.2, 0.25) is 0 Å². The first-order chi connectivity index (χ1) is 5.06. The van der Waals surface area contributed by atoms with Crippen LogP contribution in [0.5, 0.6) is 0 Å². The van der Waals surface area contributed by atoms with Crippen LogP contribution in [0, 0.1) is 5.92 Å². The molecule has 0 aromatic carbocycles. The Kier molecular flexibility index (Phi) is 2.82. The maximum absolute atomic E-state index is 10.8. The van der Waals surface area contributed by atoms with Gasteiger partial charge in [0.05, 0.1) is 28.1 Å². The Hall–Kier alpha value is 0.250. The molecule has 0 amide bonds. The van der Waals surface area contributed by atoms with Crippen LogP contribution in [0.15, 0.2) is 0 Å². The maximum Gasteiger partial charge on any atom is 0.313 e. The molecule has 0 bridgehead atoms. The van der Waals surface area contributed by atoms with Crippen LogP contribution in [0.2, 0.25) is 0 Å². The SMILES string of the molecule is CC(=O)C(C)C1(O)OSSO1. The smallest absolute Gasteiger partial charge is 0.313 e. The summed E-state index contributed by atoms with van der Waals surface area (Å²) < 4.78 is 9.51. The van der Waals surface area contributed by atoms with Crippen molar-refractivity contribution in [1.29, 1.82) is 0 Å². The predicted molar refractivity (Wildman–Crippen MR) is 42.1 cm³/mol. The van der Waals surface area contributed by atoms with Crippen LogP contribution in [0.25, 0.3) is 0 Å². The number of carbonyl (C=O) groups is 1. The fourth-order valence-electron chi connectivity index (χ4n) is 0.540. The highest BCUT2D eigenvalue weighted by Crippen LogP contribution is 2.44. The molecule has 0 aromatic heterocycles. The van der Waals surface area contributed by atoms with E-state index in [1.165, 1.54) is 6.92 Å². The van der Waals surface area contributed by atoms with E-state index in [2.05, 4.69) is 0 Å². The number of aliphatic hydroxyl groups is 1. The fourth-order valence-corrected chi connectivity index (χ4v) is 1.94. The summed E-state index contributed by atoms with van der Waals surface area (Å²) in [7, 11) is 0. The van der Waals surface area contributed by atoms with Gasteiger partial charge in [-0.25, -0.2) is 8.37 Å². The summed E-state index contributed by atoms with van der Waals surface area (Å²) in [5, 5.41) is 9.42. The maximum atomic E-state index is 10.8. The zero-order chi connectivity index (χ0) is 8.48. The highest BCUT2D eigenvalue weighted by Gasteiger charge is 2.45. The molecule has 0 aromatic rings. The van der Waals surface area contributed by atoms with Gasteiger partial charge in [-0.15, -0.1) is 0 Å². The Morgan fingerprint density at radius 2 is 2.00 bits per heavy atom. The molecule has 0 saturated carbocycles. The molecule has 0 spiro atoms. The van der Waals surface area contributed by atoms with Crippen LogP contribution in [-0.2, 0) is 13.2 Å². The third-order valence-electron chi connectivity index (χ3n) is 1.49. The Balaban J connectivity index is 2.63. The standard InChI is InChI=1S/C5H8O4S2/c1-3(4(2)6)5(7)8-10-11-9-5/h3,7H,1-2H3. The van der Waals surface area contributed by atoms with Crippen molar-refractivity contribution in [2.75, 3.05) is 0 Å². The Morgan fingerprint density at radius 1 is 1.55 bits per heavy atom. The molecule has 1 heterocycles. The van der Waals surface area contributed by atoms with E-state index in [1.807, 2.05) is 0 Å². The van der Waals surface area contributed by atoms with E-state index in [4.69, 9.17) is 8.37 Å². The summed E-state index contributed by atoms with van der Waals surface area (Å²) in [5.74, 6) is -2.58. The van der Waals surface area contributed by atoms with Crippen molar-refractivity contribution >= 4 is 27.9 Å². The third-order valence-corrected chi connectivity index (χ3v) is 2.74. The number of Topliss-reactive ketones (excluding diaryl/α,β-unsaturated/α-hetero) is 1. The van der Waals surface area contributed by atoms with Crippen LogP contribution in [0.3, 0.4) is 0 Å². The van der Waals surface area contributed by atoms with Gasteiger partial charge in [0.15, 0.2) is 0 Å². The molecule has 1 N–H and O–H groups in total. The Morgan fingerprint density at radius 3 is 2.36 bits per heavy atom. The number of hydrogen-bond donors (Lipinski definition) is 1. The topological polar surface area (TPSA) is 55.8 Å². The second-order valence-corrected chi connectivity index (χ2v) is 3.69. The fraction of sp³-hybridized carbons (Fsp3) is 0.800. The summed E-state index contributed by atoms with van der Waals surface area (Å²) in [6, 6.07) is 0. The lowest BCUT2D eigenvalue weighted by Gasteiger charge is -2.22. The van der Waals surface area contributed by atoms with Gasteiger partial charge in [-0.2, -0.15) is 0 Å². The first-order valence-electron chi connectivity index (χ1n) is 2.99. The van der Waals surface area contributed by atoms with Gasteiger partial charge in [0.1, 0.15) is 5.78 Å². The zero-order valence-corrected chi connectivity index (χ0v) is 7.70. The summed E-state index contributed by atoms with van der Waals surface area (Å²) >= 11 is 1.84. The Bertz CT molecular complexity index is 166. The molecule has 64 valence electrons. The summed E-state index contributed by atoms with van der Waals surface area (Å²) in [6.07, 6.45) is 0. The molecule has 1 rings (SSSR count). The van der Waals surface area contributed by atoms with E-state index in [9.17, 15) is 9.90 Å². The van der Waals surface area contributed by atoms with Gasteiger partial charge in [0.25, 0.3) is 0 Å². The van der Waals surface area contributed by atoms with E-state index in [0.717, 1.165) is 22.1 Å². The van der Waals surface area contributed by atoms with Crippen molar-refractivity contribution in [1.82, 2.24) is 0 Å². The molecule has 4 nitrogen and oxygen atoms in total. The normalized spacial score (nSPS) is 25.0. The average molecular weight is 196 g/mol. The molecule has 1 aliphatic heterocycles. The molecular weight excluding hydrogens is 188 g/mol. The van der Waals surface area contributed by atoms with E-state index in [1.54, 1.807) is 6.92 Å². The third kappa shape index (κ3) is 1.88.